The second-order valence-corrected chi connectivity index (χ2v) is 8.57. The molecule has 212 valence electrons. The van der Waals surface area contributed by atoms with Crippen molar-refractivity contribution in [2.45, 2.75) is 43.8 Å². The fraction of sp³-hybridized carbons (Fsp3) is 0.308. The van der Waals surface area contributed by atoms with E-state index >= 15 is 4.39 Å². The van der Waals surface area contributed by atoms with E-state index in [1.165, 1.54) is 24.3 Å². The summed E-state index contributed by atoms with van der Waals surface area (Å²) in [5.41, 5.74) is -1.97. The van der Waals surface area contributed by atoms with E-state index in [0.29, 0.717) is 16.7 Å². The predicted octanol–water partition coefficient (Wildman–Crippen LogP) is 8.18. The Labute approximate surface area is 216 Å². The van der Waals surface area contributed by atoms with Gasteiger partial charge in [0.05, 0.1) is 6.54 Å². The Morgan fingerprint density at radius 3 is 2.00 bits per heavy atom. The summed E-state index contributed by atoms with van der Waals surface area (Å²) in [6, 6.07) is 13.6. The molecule has 3 aromatic carbocycles. The van der Waals surface area contributed by atoms with Crippen LogP contribution in [-0.4, -0.2) is 36.3 Å². The molecule has 0 aliphatic rings. The number of benzene rings is 3. The molecule has 3 nitrogen and oxygen atoms in total. The Morgan fingerprint density at radius 2 is 1.41 bits per heavy atom. The van der Waals surface area contributed by atoms with Gasteiger partial charge >= 0.3 is 18.0 Å². The number of nitrogens with zero attached hydrogens (tertiary/aromatic N) is 1. The Balaban J connectivity index is 2.00. The van der Waals surface area contributed by atoms with Crippen LogP contribution in [0.25, 0.3) is 0 Å². The smallest absolute Gasteiger partial charge is 0.457 e. The highest BCUT2D eigenvalue weighted by atomic mass is 19.4. The minimum Gasteiger partial charge on any atom is -0.457 e. The molecular formula is C26H21F10NO2. The average Bonchev–Trinajstić information content (AvgIpc) is 2.87. The minimum atomic E-state index is -6.62. The van der Waals surface area contributed by atoms with Crippen LogP contribution in [0.15, 0.2) is 72.8 Å². The third kappa shape index (κ3) is 6.57. The first-order valence-corrected chi connectivity index (χ1v) is 11.2. The topological polar surface area (TPSA) is 32.7 Å². The van der Waals surface area contributed by atoms with Gasteiger partial charge in [-0.1, -0.05) is 42.0 Å². The Kier molecular flexibility index (Phi) is 8.73. The first kappa shape index (κ1) is 30.1. The molecule has 1 N–H and O–H groups in total. The number of hydrogen-bond donors (Lipinski definition) is 1. The SMILES string of the molecule is Cc1ccc(Oc2cccc(N(CC(O)C(F)F)C(F)c3cccc(C(F)(F)C(F)(F)C(F)(F)F)c3)c2)cc1. The zero-order chi connectivity index (χ0) is 29.2. The summed E-state index contributed by atoms with van der Waals surface area (Å²) in [4.78, 5) is 0.512. The van der Waals surface area contributed by atoms with Crippen molar-refractivity contribution >= 4 is 5.69 Å². The molecule has 0 amide bonds. The second-order valence-electron chi connectivity index (χ2n) is 8.57. The van der Waals surface area contributed by atoms with Crippen molar-refractivity contribution in [3.05, 3.63) is 89.5 Å². The number of halogens is 10. The number of alkyl halides is 10. The van der Waals surface area contributed by atoms with E-state index in [9.17, 15) is 44.6 Å². The number of aliphatic hydroxyl groups is 1. The van der Waals surface area contributed by atoms with Gasteiger partial charge in [0, 0.05) is 22.9 Å². The molecule has 0 aliphatic carbocycles. The van der Waals surface area contributed by atoms with E-state index in [2.05, 4.69) is 0 Å². The lowest BCUT2D eigenvalue weighted by molar-refractivity contribution is -0.359. The van der Waals surface area contributed by atoms with Crippen LogP contribution >= 0.6 is 0 Å². The molecule has 0 radical (unpaired) electrons. The normalized spacial score (nSPS) is 14.3. The molecule has 0 heterocycles. The van der Waals surface area contributed by atoms with Crippen molar-refractivity contribution in [2.24, 2.45) is 0 Å². The van der Waals surface area contributed by atoms with Crippen LogP contribution in [-0.2, 0) is 5.92 Å². The number of aryl methyl sites for hydroxylation is 1. The molecule has 0 aromatic heterocycles. The molecule has 3 rings (SSSR count). The molecule has 0 saturated heterocycles. The third-order valence-electron chi connectivity index (χ3n) is 5.63. The molecule has 0 aliphatic heterocycles. The zero-order valence-corrected chi connectivity index (χ0v) is 19.9. The standard InChI is InChI=1S/C26H21F10NO2/c1-15-8-10-19(11-9-15)39-20-7-3-6-18(13-20)37(14-21(38)22(27)28)23(29)16-4-2-5-17(12-16)24(30,31)25(32,33)26(34,35)36/h2-13,21-23,38H,14H2,1H3. The molecule has 13 heteroatoms. The maximum atomic E-state index is 15.7. The first-order valence-electron chi connectivity index (χ1n) is 11.2. The zero-order valence-electron chi connectivity index (χ0n) is 19.9. The summed E-state index contributed by atoms with van der Waals surface area (Å²) in [6.45, 7) is 0.721. The Bertz CT molecular complexity index is 1250. The average molecular weight is 569 g/mol. The van der Waals surface area contributed by atoms with Gasteiger partial charge in [0.25, 0.3) is 6.43 Å². The van der Waals surface area contributed by atoms with Gasteiger partial charge in [0.1, 0.15) is 17.6 Å². The lowest BCUT2D eigenvalue weighted by Gasteiger charge is -2.32. The summed E-state index contributed by atoms with van der Waals surface area (Å²) >= 11 is 0. The van der Waals surface area contributed by atoms with Crippen molar-refractivity contribution < 1.29 is 53.7 Å². The van der Waals surface area contributed by atoms with E-state index < -0.39 is 54.5 Å². The predicted molar refractivity (Wildman–Crippen MR) is 122 cm³/mol. The van der Waals surface area contributed by atoms with Gasteiger partial charge in [-0.3, -0.25) is 0 Å². The maximum absolute atomic E-state index is 15.7. The molecule has 0 spiro atoms. The van der Waals surface area contributed by atoms with E-state index in [-0.39, 0.29) is 23.6 Å². The second kappa shape index (κ2) is 11.3. The van der Waals surface area contributed by atoms with Crippen molar-refractivity contribution in [3.8, 4) is 11.5 Å². The monoisotopic (exact) mass is 569 g/mol. The van der Waals surface area contributed by atoms with E-state index in [1.807, 2.05) is 6.92 Å². The summed E-state index contributed by atoms with van der Waals surface area (Å²) in [5.74, 6) is -11.8. The highest BCUT2D eigenvalue weighted by Crippen LogP contribution is 2.52. The van der Waals surface area contributed by atoms with Crippen LogP contribution in [0.5, 0.6) is 11.5 Å². The lowest BCUT2D eigenvalue weighted by atomic mass is 9.99. The number of hydrogen-bond acceptors (Lipinski definition) is 3. The molecule has 2 unspecified atom stereocenters. The van der Waals surface area contributed by atoms with Crippen LogP contribution < -0.4 is 9.64 Å². The number of anilines is 1. The van der Waals surface area contributed by atoms with Crippen LogP contribution in [0.3, 0.4) is 0 Å². The summed E-state index contributed by atoms with van der Waals surface area (Å²) in [7, 11) is 0. The number of aliphatic hydroxyl groups excluding tert-OH is 1. The number of rotatable bonds is 10. The quantitative estimate of drug-likeness (QED) is 0.198. The van der Waals surface area contributed by atoms with Crippen molar-refractivity contribution in [3.63, 3.8) is 0 Å². The van der Waals surface area contributed by atoms with E-state index in [0.717, 1.165) is 11.6 Å². The van der Waals surface area contributed by atoms with E-state index in [4.69, 9.17) is 4.74 Å². The van der Waals surface area contributed by atoms with Crippen molar-refractivity contribution in [1.82, 2.24) is 0 Å². The maximum Gasteiger partial charge on any atom is 0.460 e. The Hall–Kier alpha value is -3.48. The van der Waals surface area contributed by atoms with E-state index in [1.54, 1.807) is 24.3 Å². The molecule has 0 saturated carbocycles. The van der Waals surface area contributed by atoms with Crippen LogP contribution in [0.4, 0.5) is 49.6 Å². The molecular weight excluding hydrogens is 548 g/mol. The summed E-state index contributed by atoms with van der Waals surface area (Å²) in [5, 5.41) is 9.73. The fourth-order valence-electron chi connectivity index (χ4n) is 3.50. The van der Waals surface area contributed by atoms with Crippen LogP contribution in [0.2, 0.25) is 0 Å². The van der Waals surface area contributed by atoms with Gasteiger partial charge in [-0.05, 0) is 37.3 Å². The Morgan fingerprint density at radius 1 is 0.795 bits per heavy atom. The highest BCUT2D eigenvalue weighted by Gasteiger charge is 2.73. The van der Waals surface area contributed by atoms with Gasteiger partial charge in [0.15, 0.2) is 6.30 Å². The highest BCUT2D eigenvalue weighted by molar-refractivity contribution is 5.53. The molecule has 2 atom stereocenters. The van der Waals surface area contributed by atoms with Crippen LogP contribution in [0, 0.1) is 6.92 Å². The molecule has 3 aromatic rings. The summed E-state index contributed by atoms with van der Waals surface area (Å²) in [6.07, 6.45) is -15.0. The summed E-state index contributed by atoms with van der Waals surface area (Å²) < 4.78 is 141. The van der Waals surface area contributed by atoms with Crippen molar-refractivity contribution in [2.75, 3.05) is 11.4 Å². The molecule has 0 bridgehead atoms. The van der Waals surface area contributed by atoms with Gasteiger partial charge in [-0.25, -0.2) is 13.2 Å². The van der Waals surface area contributed by atoms with Gasteiger partial charge in [0.2, 0.25) is 0 Å². The fourth-order valence-corrected chi connectivity index (χ4v) is 3.50. The molecule has 39 heavy (non-hydrogen) atoms. The van der Waals surface area contributed by atoms with Crippen LogP contribution in [0.1, 0.15) is 23.0 Å². The lowest BCUT2D eigenvalue weighted by Crippen LogP contribution is -2.50. The van der Waals surface area contributed by atoms with Crippen molar-refractivity contribution in [1.29, 1.82) is 0 Å². The first-order chi connectivity index (χ1) is 18.0. The van der Waals surface area contributed by atoms with Gasteiger partial charge < -0.3 is 14.7 Å². The number of ether oxygens (including phenoxy) is 1. The molecule has 0 fully saturated rings. The van der Waals surface area contributed by atoms with Gasteiger partial charge in [-0.2, -0.15) is 30.7 Å². The van der Waals surface area contributed by atoms with Gasteiger partial charge in [-0.15, -0.1) is 0 Å². The minimum absolute atomic E-state index is 0.0821. The third-order valence-corrected chi connectivity index (χ3v) is 5.63. The largest absolute Gasteiger partial charge is 0.460 e.